The standard InChI is InChI=1S/C19H20FN5/c20-15-3-1-13(2-4-15)19-17(12-23-25-19)14-5-10-22-18(11-14)24-16-6-8-21-9-7-16/h1-5,10-12,16,21H,6-9H2,(H,22,24)(H,23,25). The Hall–Kier alpha value is -2.73. The molecular formula is C19H20FN5. The van der Waals surface area contributed by atoms with Gasteiger partial charge in [-0.2, -0.15) is 5.10 Å². The average Bonchev–Trinajstić information content (AvgIpc) is 3.13. The molecule has 25 heavy (non-hydrogen) atoms. The average molecular weight is 337 g/mol. The molecule has 1 aliphatic rings. The lowest BCUT2D eigenvalue weighted by atomic mass is 10.0. The molecule has 0 atom stereocenters. The summed E-state index contributed by atoms with van der Waals surface area (Å²) in [6.07, 6.45) is 5.86. The number of rotatable bonds is 4. The summed E-state index contributed by atoms with van der Waals surface area (Å²) in [7, 11) is 0. The molecule has 1 fully saturated rings. The van der Waals surface area contributed by atoms with Gasteiger partial charge in [0.15, 0.2) is 0 Å². The molecule has 3 aromatic rings. The van der Waals surface area contributed by atoms with E-state index in [0.717, 1.165) is 54.1 Å². The number of benzene rings is 1. The third-order valence-electron chi connectivity index (χ3n) is 4.52. The lowest BCUT2D eigenvalue weighted by Gasteiger charge is -2.24. The first-order valence-corrected chi connectivity index (χ1v) is 8.53. The first-order valence-electron chi connectivity index (χ1n) is 8.53. The summed E-state index contributed by atoms with van der Waals surface area (Å²) in [4.78, 5) is 4.45. The Labute approximate surface area is 145 Å². The number of nitrogens with one attached hydrogen (secondary N) is 3. The van der Waals surface area contributed by atoms with Crippen LogP contribution in [-0.4, -0.2) is 34.3 Å². The van der Waals surface area contributed by atoms with Gasteiger partial charge in [0, 0.05) is 29.6 Å². The van der Waals surface area contributed by atoms with Gasteiger partial charge in [0.25, 0.3) is 0 Å². The molecule has 1 aromatic carbocycles. The molecule has 0 bridgehead atoms. The van der Waals surface area contributed by atoms with Crippen LogP contribution in [0.4, 0.5) is 10.2 Å². The van der Waals surface area contributed by atoms with E-state index in [1.54, 1.807) is 18.3 Å². The third kappa shape index (κ3) is 3.53. The fourth-order valence-electron chi connectivity index (χ4n) is 3.19. The first kappa shape index (κ1) is 15.8. The Kier molecular flexibility index (Phi) is 4.43. The summed E-state index contributed by atoms with van der Waals surface area (Å²) in [5, 5.41) is 14.1. The summed E-state index contributed by atoms with van der Waals surface area (Å²) >= 11 is 0. The summed E-state index contributed by atoms with van der Waals surface area (Å²) in [6.45, 7) is 2.07. The predicted molar refractivity (Wildman–Crippen MR) is 96.7 cm³/mol. The van der Waals surface area contributed by atoms with Gasteiger partial charge in [-0.05, 0) is 67.9 Å². The molecule has 5 nitrogen and oxygen atoms in total. The third-order valence-corrected chi connectivity index (χ3v) is 4.52. The summed E-state index contributed by atoms with van der Waals surface area (Å²) in [5.74, 6) is 0.619. The molecule has 0 aliphatic carbocycles. The fourth-order valence-corrected chi connectivity index (χ4v) is 3.19. The van der Waals surface area contributed by atoms with Crippen LogP contribution in [0.3, 0.4) is 0 Å². The highest BCUT2D eigenvalue weighted by atomic mass is 19.1. The van der Waals surface area contributed by atoms with Crippen LogP contribution < -0.4 is 10.6 Å². The van der Waals surface area contributed by atoms with E-state index >= 15 is 0 Å². The monoisotopic (exact) mass is 337 g/mol. The van der Waals surface area contributed by atoms with Crippen molar-refractivity contribution in [1.82, 2.24) is 20.5 Å². The lowest BCUT2D eigenvalue weighted by molar-refractivity contribution is 0.478. The maximum Gasteiger partial charge on any atom is 0.126 e. The number of anilines is 1. The SMILES string of the molecule is Fc1ccc(-c2n[nH]cc2-c2ccnc(NC3CCNCC3)c2)cc1. The molecule has 2 aromatic heterocycles. The molecule has 6 heteroatoms. The second-order valence-electron chi connectivity index (χ2n) is 6.25. The second kappa shape index (κ2) is 7.03. The zero-order valence-corrected chi connectivity index (χ0v) is 13.8. The van der Waals surface area contributed by atoms with E-state index in [4.69, 9.17) is 0 Å². The Morgan fingerprint density at radius 2 is 1.84 bits per heavy atom. The van der Waals surface area contributed by atoms with Crippen LogP contribution in [0.1, 0.15) is 12.8 Å². The maximum absolute atomic E-state index is 13.2. The van der Waals surface area contributed by atoms with E-state index in [9.17, 15) is 4.39 Å². The van der Waals surface area contributed by atoms with E-state index < -0.39 is 0 Å². The molecule has 0 radical (unpaired) electrons. The minimum absolute atomic E-state index is 0.252. The molecule has 0 amide bonds. The van der Waals surface area contributed by atoms with Crippen molar-refractivity contribution < 1.29 is 4.39 Å². The van der Waals surface area contributed by atoms with E-state index in [2.05, 4.69) is 25.8 Å². The van der Waals surface area contributed by atoms with Crippen LogP contribution in [0, 0.1) is 5.82 Å². The highest BCUT2D eigenvalue weighted by molar-refractivity contribution is 5.81. The van der Waals surface area contributed by atoms with Crippen LogP contribution >= 0.6 is 0 Å². The van der Waals surface area contributed by atoms with Gasteiger partial charge in [-0.25, -0.2) is 9.37 Å². The molecular weight excluding hydrogens is 317 g/mol. The Balaban J connectivity index is 1.61. The van der Waals surface area contributed by atoms with Gasteiger partial charge in [0.05, 0.1) is 5.69 Å². The first-order chi connectivity index (χ1) is 12.3. The molecule has 3 N–H and O–H groups in total. The number of hydrogen-bond donors (Lipinski definition) is 3. The zero-order chi connectivity index (χ0) is 17.1. The largest absolute Gasteiger partial charge is 0.367 e. The van der Waals surface area contributed by atoms with Gasteiger partial charge in [0.2, 0.25) is 0 Å². The van der Waals surface area contributed by atoms with Gasteiger partial charge in [-0.15, -0.1) is 0 Å². The van der Waals surface area contributed by atoms with Gasteiger partial charge < -0.3 is 10.6 Å². The lowest BCUT2D eigenvalue weighted by Crippen LogP contribution is -2.35. The summed E-state index contributed by atoms with van der Waals surface area (Å²) < 4.78 is 13.2. The highest BCUT2D eigenvalue weighted by Crippen LogP contribution is 2.31. The van der Waals surface area contributed by atoms with Crippen LogP contribution in [0.5, 0.6) is 0 Å². The molecule has 4 rings (SSSR count). The van der Waals surface area contributed by atoms with Gasteiger partial charge in [-0.1, -0.05) is 0 Å². The van der Waals surface area contributed by atoms with Gasteiger partial charge in [-0.3, -0.25) is 5.10 Å². The molecule has 1 saturated heterocycles. The van der Waals surface area contributed by atoms with Crippen molar-refractivity contribution in [3.05, 3.63) is 54.6 Å². The smallest absolute Gasteiger partial charge is 0.126 e. The topological polar surface area (TPSA) is 65.6 Å². The molecule has 0 spiro atoms. The molecule has 0 unspecified atom stereocenters. The summed E-state index contributed by atoms with van der Waals surface area (Å²) in [6, 6.07) is 10.8. The number of piperidine rings is 1. The maximum atomic E-state index is 13.2. The predicted octanol–water partition coefficient (Wildman–Crippen LogP) is 3.44. The number of aromatic nitrogens is 3. The Bertz CT molecular complexity index is 837. The number of hydrogen-bond acceptors (Lipinski definition) is 4. The number of H-pyrrole nitrogens is 1. The van der Waals surface area contributed by atoms with Crippen molar-refractivity contribution in [2.24, 2.45) is 0 Å². The van der Waals surface area contributed by atoms with Crippen LogP contribution in [0.25, 0.3) is 22.4 Å². The number of nitrogens with zero attached hydrogens (tertiary/aromatic N) is 2. The van der Waals surface area contributed by atoms with Gasteiger partial charge >= 0.3 is 0 Å². The van der Waals surface area contributed by atoms with E-state index in [-0.39, 0.29) is 5.82 Å². The minimum atomic E-state index is -0.252. The van der Waals surface area contributed by atoms with Crippen molar-refractivity contribution >= 4 is 5.82 Å². The normalized spacial score (nSPS) is 15.2. The minimum Gasteiger partial charge on any atom is -0.367 e. The fraction of sp³-hybridized carbons (Fsp3) is 0.263. The van der Waals surface area contributed by atoms with Crippen molar-refractivity contribution in [1.29, 1.82) is 0 Å². The van der Waals surface area contributed by atoms with Gasteiger partial charge in [0.1, 0.15) is 11.6 Å². The molecule has 128 valence electrons. The zero-order valence-electron chi connectivity index (χ0n) is 13.8. The van der Waals surface area contributed by atoms with Crippen molar-refractivity contribution in [3.63, 3.8) is 0 Å². The van der Waals surface area contributed by atoms with Crippen LogP contribution in [-0.2, 0) is 0 Å². The number of aromatic amines is 1. The van der Waals surface area contributed by atoms with Crippen LogP contribution in [0.2, 0.25) is 0 Å². The molecule has 0 saturated carbocycles. The van der Waals surface area contributed by atoms with E-state index in [1.165, 1.54) is 12.1 Å². The number of pyridine rings is 1. The van der Waals surface area contributed by atoms with Crippen LogP contribution in [0.15, 0.2) is 48.8 Å². The highest BCUT2D eigenvalue weighted by Gasteiger charge is 2.15. The quantitative estimate of drug-likeness (QED) is 0.682. The number of halogens is 1. The van der Waals surface area contributed by atoms with E-state index in [1.807, 2.05) is 18.3 Å². The summed E-state index contributed by atoms with van der Waals surface area (Å²) in [5.41, 5.74) is 3.68. The van der Waals surface area contributed by atoms with Crippen molar-refractivity contribution in [3.8, 4) is 22.4 Å². The Morgan fingerprint density at radius 1 is 1.04 bits per heavy atom. The molecule has 3 heterocycles. The van der Waals surface area contributed by atoms with Crippen molar-refractivity contribution in [2.45, 2.75) is 18.9 Å². The van der Waals surface area contributed by atoms with Crippen molar-refractivity contribution in [2.75, 3.05) is 18.4 Å². The van der Waals surface area contributed by atoms with E-state index in [0.29, 0.717) is 6.04 Å². The second-order valence-corrected chi connectivity index (χ2v) is 6.25. The Morgan fingerprint density at radius 3 is 2.64 bits per heavy atom. The molecule has 1 aliphatic heterocycles.